The minimum absolute atomic E-state index is 0.0670. The van der Waals surface area contributed by atoms with E-state index in [1.165, 1.54) is 6.07 Å². The molecule has 1 amide bonds. The first-order chi connectivity index (χ1) is 10.8. The number of nitrogens with one attached hydrogen (secondary N) is 1. The smallest absolute Gasteiger partial charge is 0.237 e. The van der Waals surface area contributed by atoms with Crippen molar-refractivity contribution >= 4 is 15.9 Å². The number of hydrogen-bond donors (Lipinski definition) is 1. The Morgan fingerprint density at radius 2 is 1.87 bits per heavy atom. The van der Waals surface area contributed by atoms with Gasteiger partial charge in [-0.15, -0.1) is 0 Å². The van der Waals surface area contributed by atoms with Gasteiger partial charge in [-0.3, -0.25) is 9.69 Å². The number of amides is 1. The Morgan fingerprint density at radius 3 is 2.43 bits per heavy atom. The van der Waals surface area contributed by atoms with Crippen LogP contribution in [0.2, 0.25) is 0 Å². The molecule has 0 unspecified atom stereocenters. The fraction of sp³-hybridized carbons (Fsp3) is 0.533. The molecule has 0 aromatic heterocycles. The van der Waals surface area contributed by atoms with E-state index in [9.17, 15) is 17.6 Å². The molecule has 1 heterocycles. The van der Waals surface area contributed by atoms with Crippen molar-refractivity contribution < 1.29 is 17.6 Å². The van der Waals surface area contributed by atoms with Crippen LogP contribution < -0.4 is 4.72 Å². The molecule has 1 aromatic carbocycles. The zero-order valence-corrected chi connectivity index (χ0v) is 14.1. The maximum Gasteiger partial charge on any atom is 0.237 e. The van der Waals surface area contributed by atoms with E-state index in [1.54, 1.807) is 17.0 Å². The third kappa shape index (κ3) is 4.98. The van der Waals surface area contributed by atoms with Crippen LogP contribution >= 0.6 is 0 Å². The summed E-state index contributed by atoms with van der Waals surface area (Å²) in [6, 6.07) is 6.63. The Hall–Kier alpha value is -1.51. The van der Waals surface area contributed by atoms with Crippen LogP contribution in [0.25, 0.3) is 0 Å². The van der Waals surface area contributed by atoms with Crippen molar-refractivity contribution in [3.8, 4) is 0 Å². The SMILES string of the molecule is C[C@H](c1ccccc1F)N1CCN(C(=O)CNS(C)(=O)=O)CC1. The van der Waals surface area contributed by atoms with Crippen LogP contribution in [0.15, 0.2) is 24.3 Å². The van der Waals surface area contributed by atoms with Gasteiger partial charge in [0.25, 0.3) is 0 Å². The summed E-state index contributed by atoms with van der Waals surface area (Å²) in [5, 5.41) is 0. The first kappa shape index (κ1) is 17.8. The van der Waals surface area contributed by atoms with E-state index >= 15 is 0 Å². The summed E-state index contributed by atoms with van der Waals surface area (Å²) in [6.07, 6.45) is 1.02. The molecule has 6 nitrogen and oxygen atoms in total. The summed E-state index contributed by atoms with van der Waals surface area (Å²) in [5.41, 5.74) is 0.644. The number of piperazine rings is 1. The Kier molecular flexibility index (Phi) is 5.72. The Bertz CT molecular complexity index is 658. The summed E-state index contributed by atoms with van der Waals surface area (Å²) in [5.74, 6) is -0.468. The second-order valence-electron chi connectivity index (χ2n) is 5.71. The van der Waals surface area contributed by atoms with Gasteiger partial charge in [0.15, 0.2) is 0 Å². The monoisotopic (exact) mass is 343 g/mol. The first-order valence-corrected chi connectivity index (χ1v) is 9.38. The van der Waals surface area contributed by atoms with Gasteiger partial charge >= 0.3 is 0 Å². The molecule has 0 radical (unpaired) electrons. The van der Waals surface area contributed by atoms with E-state index in [4.69, 9.17) is 0 Å². The maximum absolute atomic E-state index is 13.9. The molecule has 1 aromatic rings. The number of benzene rings is 1. The molecule has 1 aliphatic heterocycles. The number of hydrogen-bond acceptors (Lipinski definition) is 4. The number of nitrogens with zero attached hydrogens (tertiary/aromatic N) is 2. The molecule has 1 atom stereocenters. The average Bonchev–Trinajstić information content (AvgIpc) is 2.52. The molecule has 128 valence electrons. The van der Waals surface area contributed by atoms with E-state index in [1.807, 2.05) is 13.0 Å². The first-order valence-electron chi connectivity index (χ1n) is 7.49. The quantitative estimate of drug-likeness (QED) is 0.849. The van der Waals surface area contributed by atoms with Crippen LogP contribution in [-0.2, 0) is 14.8 Å². The third-order valence-electron chi connectivity index (χ3n) is 4.06. The van der Waals surface area contributed by atoms with Crippen LogP contribution in [0.1, 0.15) is 18.5 Å². The lowest BCUT2D eigenvalue weighted by molar-refractivity contribution is -0.132. The summed E-state index contributed by atoms with van der Waals surface area (Å²) in [7, 11) is -3.37. The second kappa shape index (κ2) is 7.37. The highest BCUT2D eigenvalue weighted by atomic mass is 32.2. The Balaban J connectivity index is 1.88. The van der Waals surface area contributed by atoms with Gasteiger partial charge in [-0.1, -0.05) is 18.2 Å². The normalized spacial score (nSPS) is 18.0. The standard InChI is InChI=1S/C15H22FN3O3S/c1-12(13-5-3-4-6-14(13)16)18-7-9-19(10-8-18)15(20)11-17-23(2,21)22/h3-6,12,17H,7-11H2,1-2H3/t12-/m1/s1. The van der Waals surface area contributed by atoms with Gasteiger partial charge < -0.3 is 4.90 Å². The van der Waals surface area contributed by atoms with E-state index in [0.29, 0.717) is 31.7 Å². The molecule has 0 saturated carbocycles. The second-order valence-corrected chi connectivity index (χ2v) is 7.54. The summed E-state index contributed by atoms with van der Waals surface area (Å²) in [6.45, 7) is 3.98. The van der Waals surface area contributed by atoms with Gasteiger partial charge in [0.05, 0.1) is 12.8 Å². The van der Waals surface area contributed by atoms with E-state index in [0.717, 1.165) is 6.26 Å². The minimum Gasteiger partial charge on any atom is -0.339 e. The lowest BCUT2D eigenvalue weighted by atomic mass is 10.1. The lowest BCUT2D eigenvalue weighted by Crippen LogP contribution is -2.51. The Labute approximate surface area is 136 Å². The number of halogens is 1. The van der Waals surface area contributed by atoms with Crippen LogP contribution in [0.3, 0.4) is 0 Å². The average molecular weight is 343 g/mol. The van der Waals surface area contributed by atoms with E-state index in [2.05, 4.69) is 9.62 Å². The van der Waals surface area contributed by atoms with Gasteiger partial charge in [0.2, 0.25) is 15.9 Å². The largest absolute Gasteiger partial charge is 0.339 e. The van der Waals surface area contributed by atoms with Gasteiger partial charge in [-0.05, 0) is 13.0 Å². The minimum atomic E-state index is -3.37. The van der Waals surface area contributed by atoms with Gasteiger partial charge in [-0.2, -0.15) is 0 Å². The van der Waals surface area contributed by atoms with Crippen molar-refractivity contribution in [2.24, 2.45) is 0 Å². The van der Waals surface area contributed by atoms with Crippen molar-refractivity contribution in [1.29, 1.82) is 0 Å². The predicted octanol–water partition coefficient (Wildman–Crippen LogP) is 0.580. The number of carbonyl (C=O) groups excluding carboxylic acids is 1. The zero-order chi connectivity index (χ0) is 17.0. The fourth-order valence-electron chi connectivity index (χ4n) is 2.67. The lowest BCUT2D eigenvalue weighted by Gasteiger charge is -2.38. The van der Waals surface area contributed by atoms with Gasteiger partial charge in [0, 0.05) is 37.8 Å². The van der Waals surface area contributed by atoms with Gasteiger partial charge in [0.1, 0.15) is 5.82 Å². The van der Waals surface area contributed by atoms with Gasteiger partial charge in [-0.25, -0.2) is 17.5 Å². The van der Waals surface area contributed by atoms with Crippen LogP contribution in [-0.4, -0.2) is 63.1 Å². The molecule has 0 spiro atoms. The van der Waals surface area contributed by atoms with Crippen LogP contribution in [0.5, 0.6) is 0 Å². The highest BCUT2D eigenvalue weighted by Crippen LogP contribution is 2.23. The molecule has 1 aliphatic rings. The van der Waals surface area contributed by atoms with Crippen LogP contribution in [0, 0.1) is 5.82 Å². The van der Waals surface area contributed by atoms with E-state index < -0.39 is 10.0 Å². The number of carbonyl (C=O) groups is 1. The fourth-order valence-corrected chi connectivity index (χ4v) is 3.06. The molecule has 8 heteroatoms. The molecule has 2 rings (SSSR count). The summed E-state index contributed by atoms with van der Waals surface area (Å²) < 4.78 is 38.1. The molecular formula is C15H22FN3O3S. The highest BCUT2D eigenvalue weighted by molar-refractivity contribution is 7.88. The predicted molar refractivity (Wildman–Crippen MR) is 85.8 cm³/mol. The maximum atomic E-state index is 13.9. The molecule has 23 heavy (non-hydrogen) atoms. The van der Waals surface area contributed by atoms with Crippen molar-refractivity contribution in [1.82, 2.24) is 14.5 Å². The molecule has 1 N–H and O–H groups in total. The third-order valence-corrected chi connectivity index (χ3v) is 4.72. The molecule has 0 bridgehead atoms. The zero-order valence-electron chi connectivity index (χ0n) is 13.3. The number of rotatable bonds is 5. The molecule has 1 fully saturated rings. The van der Waals surface area contributed by atoms with Crippen molar-refractivity contribution in [3.63, 3.8) is 0 Å². The molecular weight excluding hydrogens is 321 g/mol. The van der Waals surface area contributed by atoms with Crippen LogP contribution in [0.4, 0.5) is 4.39 Å². The summed E-state index contributed by atoms with van der Waals surface area (Å²) >= 11 is 0. The highest BCUT2D eigenvalue weighted by Gasteiger charge is 2.26. The molecule has 1 saturated heterocycles. The van der Waals surface area contributed by atoms with Crippen molar-refractivity contribution in [2.45, 2.75) is 13.0 Å². The van der Waals surface area contributed by atoms with Crippen molar-refractivity contribution in [2.75, 3.05) is 39.0 Å². The van der Waals surface area contributed by atoms with E-state index in [-0.39, 0.29) is 24.3 Å². The Morgan fingerprint density at radius 1 is 1.26 bits per heavy atom. The van der Waals surface area contributed by atoms with Crippen molar-refractivity contribution in [3.05, 3.63) is 35.6 Å². The number of sulfonamides is 1. The molecule has 0 aliphatic carbocycles. The summed E-state index contributed by atoms with van der Waals surface area (Å²) in [4.78, 5) is 15.7. The topological polar surface area (TPSA) is 69.7 Å².